The minimum absolute atomic E-state index is 0.00308. The summed E-state index contributed by atoms with van der Waals surface area (Å²) in [6.07, 6.45) is 0.675. The van der Waals surface area contributed by atoms with Gasteiger partial charge in [-0.1, -0.05) is 0 Å². The van der Waals surface area contributed by atoms with Crippen molar-refractivity contribution in [3.05, 3.63) is 17.7 Å². The number of nitrogens with one attached hydrogen (secondary N) is 2. The molecule has 5 heteroatoms. The minimum atomic E-state index is -0.176. The first kappa shape index (κ1) is 10.4. The Kier molecular flexibility index (Phi) is 2.40. The molecule has 0 fully saturated rings. The maximum Gasteiger partial charge on any atom is 0.241 e. The number of rotatable bonds is 1. The van der Waals surface area contributed by atoms with Crippen LogP contribution in [0.15, 0.2) is 12.1 Å². The SMILES string of the molecule is CNC1Cc2cc3c(cc2NC1=O)OCCO3. The van der Waals surface area contributed by atoms with Gasteiger partial charge in [0, 0.05) is 11.8 Å². The van der Waals surface area contributed by atoms with E-state index in [1.54, 1.807) is 7.05 Å². The first-order valence-corrected chi connectivity index (χ1v) is 5.68. The summed E-state index contributed by atoms with van der Waals surface area (Å²) in [6.45, 7) is 1.13. The molecule has 0 saturated heterocycles. The largest absolute Gasteiger partial charge is 0.486 e. The van der Waals surface area contributed by atoms with Gasteiger partial charge in [-0.15, -0.1) is 0 Å². The lowest BCUT2D eigenvalue weighted by atomic mass is 9.98. The molecule has 0 spiro atoms. The van der Waals surface area contributed by atoms with Crippen LogP contribution in [0.2, 0.25) is 0 Å². The lowest BCUT2D eigenvalue weighted by Gasteiger charge is -2.27. The third kappa shape index (κ3) is 1.72. The van der Waals surface area contributed by atoms with Crippen LogP contribution in [0.3, 0.4) is 0 Å². The summed E-state index contributed by atoms with van der Waals surface area (Å²) in [5, 5.41) is 5.86. The van der Waals surface area contributed by atoms with E-state index in [-0.39, 0.29) is 11.9 Å². The average Bonchev–Trinajstić information content (AvgIpc) is 2.35. The Balaban J connectivity index is 1.99. The van der Waals surface area contributed by atoms with Crippen molar-refractivity contribution in [1.29, 1.82) is 0 Å². The van der Waals surface area contributed by atoms with E-state index in [1.807, 2.05) is 12.1 Å². The van der Waals surface area contributed by atoms with E-state index in [2.05, 4.69) is 10.6 Å². The van der Waals surface area contributed by atoms with Gasteiger partial charge in [0.2, 0.25) is 5.91 Å². The van der Waals surface area contributed by atoms with E-state index < -0.39 is 0 Å². The Hall–Kier alpha value is -1.75. The zero-order chi connectivity index (χ0) is 11.8. The second-order valence-corrected chi connectivity index (χ2v) is 4.19. The Morgan fingerprint density at radius 1 is 1.29 bits per heavy atom. The first-order valence-electron chi connectivity index (χ1n) is 5.68. The molecule has 2 heterocycles. The van der Waals surface area contributed by atoms with Crippen LogP contribution in [-0.2, 0) is 11.2 Å². The van der Waals surface area contributed by atoms with E-state index in [0.717, 1.165) is 17.0 Å². The van der Waals surface area contributed by atoms with Gasteiger partial charge < -0.3 is 20.1 Å². The highest BCUT2D eigenvalue weighted by molar-refractivity contribution is 5.98. The number of hydrogen-bond acceptors (Lipinski definition) is 4. The Morgan fingerprint density at radius 3 is 2.71 bits per heavy atom. The van der Waals surface area contributed by atoms with Gasteiger partial charge in [0.15, 0.2) is 11.5 Å². The Morgan fingerprint density at radius 2 is 2.00 bits per heavy atom. The molecule has 2 aliphatic heterocycles. The number of carbonyl (C=O) groups is 1. The highest BCUT2D eigenvalue weighted by Gasteiger charge is 2.27. The van der Waals surface area contributed by atoms with Crippen molar-refractivity contribution >= 4 is 11.6 Å². The third-order valence-corrected chi connectivity index (χ3v) is 3.11. The van der Waals surface area contributed by atoms with Crippen molar-refractivity contribution in [2.24, 2.45) is 0 Å². The fraction of sp³-hybridized carbons (Fsp3) is 0.417. The number of fused-ring (bicyclic) bond motifs is 2. The van der Waals surface area contributed by atoms with E-state index in [1.165, 1.54) is 0 Å². The van der Waals surface area contributed by atoms with Crippen molar-refractivity contribution in [3.8, 4) is 11.5 Å². The van der Waals surface area contributed by atoms with Gasteiger partial charge in [-0.2, -0.15) is 0 Å². The molecule has 0 bridgehead atoms. The molecule has 17 heavy (non-hydrogen) atoms. The Labute approximate surface area is 99.1 Å². The molecule has 2 aliphatic rings. The molecule has 2 N–H and O–H groups in total. The third-order valence-electron chi connectivity index (χ3n) is 3.11. The molecule has 1 amide bonds. The number of anilines is 1. The second kappa shape index (κ2) is 3.92. The summed E-state index contributed by atoms with van der Waals surface area (Å²) in [4.78, 5) is 11.7. The molecule has 0 aliphatic carbocycles. The van der Waals surface area contributed by atoms with Crippen LogP contribution >= 0.6 is 0 Å². The predicted octanol–water partition coefficient (Wildman–Crippen LogP) is 0.540. The summed E-state index contributed by atoms with van der Waals surface area (Å²) in [5.41, 5.74) is 1.90. The van der Waals surface area contributed by atoms with Crippen LogP contribution in [0.25, 0.3) is 0 Å². The number of amides is 1. The van der Waals surface area contributed by atoms with Crippen molar-refractivity contribution in [1.82, 2.24) is 5.32 Å². The standard InChI is InChI=1S/C12H14N2O3/c1-13-9-4-7-5-10-11(17-3-2-16-10)6-8(7)14-12(9)15/h5-6,9,13H,2-4H2,1H3,(H,14,15). The molecular formula is C12H14N2O3. The quantitative estimate of drug-likeness (QED) is 0.744. The summed E-state index contributed by atoms with van der Waals surface area (Å²) in [7, 11) is 1.78. The molecule has 1 unspecified atom stereocenters. The van der Waals surface area contributed by atoms with Gasteiger partial charge in [-0.25, -0.2) is 0 Å². The molecule has 0 aromatic heterocycles. The van der Waals surface area contributed by atoms with Gasteiger partial charge >= 0.3 is 0 Å². The number of ether oxygens (including phenoxy) is 2. The molecule has 5 nitrogen and oxygen atoms in total. The molecule has 3 rings (SSSR count). The maximum atomic E-state index is 11.7. The van der Waals surface area contributed by atoms with Crippen molar-refractivity contribution in [2.75, 3.05) is 25.6 Å². The van der Waals surface area contributed by atoms with Gasteiger partial charge in [0.25, 0.3) is 0 Å². The molecule has 90 valence electrons. The Bertz CT molecular complexity index is 473. The normalized spacial score (nSPS) is 21.7. The van der Waals surface area contributed by atoms with E-state index >= 15 is 0 Å². The van der Waals surface area contributed by atoms with Crippen LogP contribution in [0, 0.1) is 0 Å². The van der Waals surface area contributed by atoms with Crippen LogP contribution in [-0.4, -0.2) is 32.2 Å². The zero-order valence-electron chi connectivity index (χ0n) is 9.58. The van der Waals surface area contributed by atoms with Crippen molar-refractivity contribution in [2.45, 2.75) is 12.5 Å². The molecule has 1 aromatic rings. The maximum absolute atomic E-state index is 11.7. The average molecular weight is 234 g/mol. The fourth-order valence-electron chi connectivity index (χ4n) is 2.18. The number of likely N-dealkylation sites (N-methyl/N-ethyl adjacent to an activating group) is 1. The highest BCUT2D eigenvalue weighted by atomic mass is 16.6. The molecule has 1 atom stereocenters. The smallest absolute Gasteiger partial charge is 0.241 e. The molecule has 0 saturated carbocycles. The van der Waals surface area contributed by atoms with Crippen LogP contribution in [0.4, 0.5) is 5.69 Å². The lowest BCUT2D eigenvalue weighted by molar-refractivity contribution is -0.118. The molecular weight excluding hydrogens is 220 g/mol. The van der Waals surface area contributed by atoms with Crippen molar-refractivity contribution < 1.29 is 14.3 Å². The minimum Gasteiger partial charge on any atom is -0.486 e. The summed E-state index contributed by atoms with van der Waals surface area (Å²) in [5.74, 6) is 1.47. The fourth-order valence-corrected chi connectivity index (χ4v) is 2.18. The van der Waals surface area contributed by atoms with E-state index in [0.29, 0.717) is 25.4 Å². The second-order valence-electron chi connectivity index (χ2n) is 4.19. The van der Waals surface area contributed by atoms with Gasteiger partial charge in [0.05, 0.1) is 6.04 Å². The van der Waals surface area contributed by atoms with E-state index in [9.17, 15) is 4.79 Å². The van der Waals surface area contributed by atoms with Crippen LogP contribution < -0.4 is 20.1 Å². The summed E-state index contributed by atoms with van der Waals surface area (Å²) >= 11 is 0. The lowest BCUT2D eigenvalue weighted by Crippen LogP contribution is -2.43. The predicted molar refractivity (Wildman–Crippen MR) is 62.6 cm³/mol. The monoisotopic (exact) mass is 234 g/mol. The van der Waals surface area contributed by atoms with Crippen molar-refractivity contribution in [3.63, 3.8) is 0 Å². The van der Waals surface area contributed by atoms with E-state index in [4.69, 9.17) is 9.47 Å². The molecule has 0 radical (unpaired) electrons. The van der Waals surface area contributed by atoms with Crippen LogP contribution in [0.1, 0.15) is 5.56 Å². The highest BCUT2D eigenvalue weighted by Crippen LogP contribution is 2.37. The van der Waals surface area contributed by atoms with Crippen LogP contribution in [0.5, 0.6) is 11.5 Å². The number of hydrogen-bond donors (Lipinski definition) is 2. The van der Waals surface area contributed by atoms with Gasteiger partial charge in [-0.05, 0) is 25.1 Å². The number of carbonyl (C=O) groups excluding carboxylic acids is 1. The summed E-state index contributed by atoms with van der Waals surface area (Å²) in [6, 6.07) is 3.62. The van der Waals surface area contributed by atoms with Gasteiger partial charge in [0.1, 0.15) is 13.2 Å². The molecule has 1 aromatic carbocycles. The summed E-state index contributed by atoms with van der Waals surface area (Å²) < 4.78 is 11.0. The first-order chi connectivity index (χ1) is 8.28. The zero-order valence-corrected chi connectivity index (χ0v) is 9.58. The van der Waals surface area contributed by atoms with Gasteiger partial charge in [-0.3, -0.25) is 4.79 Å². The topological polar surface area (TPSA) is 59.6 Å². The number of benzene rings is 1.